The fourth-order valence-electron chi connectivity index (χ4n) is 3.43. The average molecular weight is 365 g/mol. The molecular weight excluding hydrogens is 342 g/mol. The summed E-state index contributed by atoms with van der Waals surface area (Å²) in [7, 11) is 1.70. The molecule has 2 aromatic carbocycles. The molecule has 1 aromatic heterocycles. The van der Waals surface area contributed by atoms with Crippen LogP contribution >= 0.6 is 11.3 Å². The highest BCUT2D eigenvalue weighted by molar-refractivity contribution is 7.10. The first-order chi connectivity index (χ1) is 12.8. The van der Waals surface area contributed by atoms with Crippen molar-refractivity contribution in [1.82, 2.24) is 5.32 Å². The van der Waals surface area contributed by atoms with Gasteiger partial charge in [0, 0.05) is 10.9 Å². The molecule has 3 aromatic rings. The van der Waals surface area contributed by atoms with Crippen LogP contribution in [0.1, 0.15) is 27.6 Å². The molecule has 0 fully saturated rings. The van der Waals surface area contributed by atoms with Crippen LogP contribution in [-0.2, 0) is 19.4 Å². The van der Waals surface area contributed by atoms with E-state index in [-0.39, 0.29) is 0 Å². The van der Waals surface area contributed by atoms with Crippen molar-refractivity contribution < 1.29 is 9.47 Å². The van der Waals surface area contributed by atoms with Gasteiger partial charge < -0.3 is 14.8 Å². The Bertz CT molecular complexity index is 860. The van der Waals surface area contributed by atoms with Gasteiger partial charge in [0.1, 0.15) is 6.61 Å². The molecule has 1 N–H and O–H groups in total. The first-order valence-electron chi connectivity index (χ1n) is 8.97. The summed E-state index contributed by atoms with van der Waals surface area (Å²) in [5.74, 6) is 1.58. The number of methoxy groups -OCH3 is 1. The van der Waals surface area contributed by atoms with Crippen LogP contribution in [0.5, 0.6) is 11.5 Å². The second-order valence-corrected chi connectivity index (χ2v) is 7.48. The van der Waals surface area contributed by atoms with E-state index in [0.717, 1.165) is 36.4 Å². The molecule has 4 heteroatoms. The number of benzene rings is 2. The molecule has 0 saturated carbocycles. The van der Waals surface area contributed by atoms with Gasteiger partial charge in [-0.05, 0) is 59.7 Å². The molecule has 0 saturated heterocycles. The minimum Gasteiger partial charge on any atom is -0.493 e. The van der Waals surface area contributed by atoms with Gasteiger partial charge in [-0.3, -0.25) is 0 Å². The van der Waals surface area contributed by atoms with Crippen LogP contribution in [0.2, 0.25) is 0 Å². The van der Waals surface area contributed by atoms with Crippen LogP contribution in [0.3, 0.4) is 0 Å². The van der Waals surface area contributed by atoms with Gasteiger partial charge in [0.15, 0.2) is 11.5 Å². The highest BCUT2D eigenvalue weighted by Crippen LogP contribution is 2.34. The minimum atomic E-state index is 0.388. The van der Waals surface area contributed by atoms with Gasteiger partial charge in [-0.1, -0.05) is 36.4 Å². The van der Waals surface area contributed by atoms with E-state index in [2.05, 4.69) is 41.0 Å². The average Bonchev–Trinajstić information content (AvgIpc) is 3.17. The summed E-state index contributed by atoms with van der Waals surface area (Å²) in [6.45, 7) is 1.59. The smallest absolute Gasteiger partial charge is 0.161 e. The zero-order valence-corrected chi connectivity index (χ0v) is 15.7. The standard InChI is InChI=1S/C22H23NO2S/c1-24-21-14-17(13-19-22-18(9-11-23-19)10-12-26-22)7-8-20(21)25-15-16-5-3-2-4-6-16/h2-8,10,12,14,19,23H,9,11,13,15H2,1H3/t19-/m0/s1. The molecule has 0 bridgehead atoms. The highest BCUT2D eigenvalue weighted by Gasteiger charge is 2.21. The van der Waals surface area contributed by atoms with Crippen LogP contribution in [0.15, 0.2) is 60.0 Å². The molecule has 1 aliphatic rings. The Morgan fingerprint density at radius 2 is 1.92 bits per heavy atom. The van der Waals surface area contributed by atoms with Crippen molar-refractivity contribution in [1.29, 1.82) is 0 Å². The van der Waals surface area contributed by atoms with Crippen molar-refractivity contribution in [2.75, 3.05) is 13.7 Å². The summed E-state index contributed by atoms with van der Waals surface area (Å²) in [6.07, 6.45) is 2.09. The first kappa shape index (κ1) is 17.1. The normalized spacial score (nSPS) is 16.1. The van der Waals surface area contributed by atoms with Gasteiger partial charge in [0.2, 0.25) is 0 Å². The fraction of sp³-hybridized carbons (Fsp3) is 0.273. The van der Waals surface area contributed by atoms with E-state index in [4.69, 9.17) is 9.47 Å². The zero-order chi connectivity index (χ0) is 17.8. The number of thiophene rings is 1. The number of hydrogen-bond acceptors (Lipinski definition) is 4. The second-order valence-electron chi connectivity index (χ2n) is 6.53. The highest BCUT2D eigenvalue weighted by atomic mass is 32.1. The Morgan fingerprint density at radius 3 is 2.77 bits per heavy atom. The van der Waals surface area contributed by atoms with E-state index in [0.29, 0.717) is 12.6 Å². The summed E-state index contributed by atoms with van der Waals surface area (Å²) in [5.41, 5.74) is 3.90. The lowest BCUT2D eigenvalue weighted by atomic mass is 9.97. The Hall–Kier alpha value is -2.30. The van der Waals surface area contributed by atoms with Crippen molar-refractivity contribution in [2.45, 2.75) is 25.5 Å². The molecular formula is C22H23NO2S. The maximum atomic E-state index is 5.96. The summed E-state index contributed by atoms with van der Waals surface area (Å²) in [6, 6.07) is 19.1. The molecule has 4 rings (SSSR count). The summed E-state index contributed by atoms with van der Waals surface area (Å²) < 4.78 is 11.5. The van der Waals surface area contributed by atoms with Crippen molar-refractivity contribution >= 4 is 11.3 Å². The van der Waals surface area contributed by atoms with Crippen LogP contribution in [0, 0.1) is 0 Å². The minimum absolute atomic E-state index is 0.388. The van der Waals surface area contributed by atoms with Gasteiger partial charge in [-0.2, -0.15) is 0 Å². The van der Waals surface area contributed by atoms with E-state index in [1.54, 1.807) is 7.11 Å². The van der Waals surface area contributed by atoms with Gasteiger partial charge in [-0.25, -0.2) is 0 Å². The molecule has 1 aliphatic heterocycles. The van der Waals surface area contributed by atoms with Crippen LogP contribution in [0.4, 0.5) is 0 Å². The molecule has 0 amide bonds. The number of nitrogens with one attached hydrogen (secondary N) is 1. The number of hydrogen-bond donors (Lipinski definition) is 1. The molecule has 1 atom stereocenters. The first-order valence-corrected chi connectivity index (χ1v) is 9.85. The van der Waals surface area contributed by atoms with E-state index < -0.39 is 0 Å². The maximum absolute atomic E-state index is 5.96. The predicted molar refractivity (Wildman–Crippen MR) is 106 cm³/mol. The van der Waals surface area contributed by atoms with Crippen LogP contribution in [-0.4, -0.2) is 13.7 Å². The summed E-state index contributed by atoms with van der Waals surface area (Å²) in [4.78, 5) is 1.47. The van der Waals surface area contributed by atoms with Gasteiger partial charge in [0.25, 0.3) is 0 Å². The molecule has 26 heavy (non-hydrogen) atoms. The van der Waals surface area contributed by atoms with Crippen molar-refractivity contribution in [3.63, 3.8) is 0 Å². The predicted octanol–water partition coefficient (Wildman–Crippen LogP) is 4.77. The Labute approximate surface area is 158 Å². The third-order valence-electron chi connectivity index (χ3n) is 4.79. The monoisotopic (exact) mass is 365 g/mol. The number of fused-ring (bicyclic) bond motifs is 1. The molecule has 0 aliphatic carbocycles. The van der Waals surface area contributed by atoms with E-state index in [9.17, 15) is 0 Å². The topological polar surface area (TPSA) is 30.5 Å². The lowest BCUT2D eigenvalue weighted by Gasteiger charge is -2.24. The van der Waals surface area contributed by atoms with Gasteiger partial charge in [-0.15, -0.1) is 11.3 Å². The van der Waals surface area contributed by atoms with Crippen LogP contribution in [0.25, 0.3) is 0 Å². The van der Waals surface area contributed by atoms with Gasteiger partial charge in [0.05, 0.1) is 7.11 Å². The number of ether oxygens (including phenoxy) is 2. The lowest BCUT2D eigenvalue weighted by Crippen LogP contribution is -2.29. The zero-order valence-electron chi connectivity index (χ0n) is 14.9. The molecule has 0 radical (unpaired) electrons. The molecule has 3 nitrogen and oxygen atoms in total. The summed E-state index contributed by atoms with van der Waals surface area (Å²) in [5, 5.41) is 5.85. The van der Waals surface area contributed by atoms with Crippen LogP contribution < -0.4 is 14.8 Å². The lowest BCUT2D eigenvalue weighted by molar-refractivity contribution is 0.284. The maximum Gasteiger partial charge on any atom is 0.161 e. The van der Waals surface area contributed by atoms with E-state index in [1.807, 2.05) is 35.6 Å². The van der Waals surface area contributed by atoms with Crippen molar-refractivity contribution in [3.8, 4) is 11.5 Å². The molecule has 134 valence electrons. The van der Waals surface area contributed by atoms with E-state index in [1.165, 1.54) is 16.0 Å². The third-order valence-corrected chi connectivity index (χ3v) is 5.86. The quantitative estimate of drug-likeness (QED) is 0.683. The van der Waals surface area contributed by atoms with Crippen molar-refractivity contribution in [3.05, 3.63) is 81.5 Å². The summed E-state index contributed by atoms with van der Waals surface area (Å²) >= 11 is 1.85. The Balaban J connectivity index is 1.47. The van der Waals surface area contributed by atoms with Gasteiger partial charge >= 0.3 is 0 Å². The molecule has 0 spiro atoms. The largest absolute Gasteiger partial charge is 0.493 e. The molecule has 2 heterocycles. The SMILES string of the molecule is COc1cc(C[C@@H]2NCCc3ccsc32)ccc1OCc1ccccc1. The Kier molecular flexibility index (Phi) is 5.23. The number of rotatable bonds is 6. The fourth-order valence-corrected chi connectivity index (χ4v) is 4.46. The third kappa shape index (κ3) is 3.76. The van der Waals surface area contributed by atoms with E-state index >= 15 is 0 Å². The second kappa shape index (κ2) is 7.94. The van der Waals surface area contributed by atoms with Crippen molar-refractivity contribution in [2.24, 2.45) is 0 Å². The Morgan fingerprint density at radius 1 is 1.04 bits per heavy atom. The molecule has 0 unspecified atom stereocenters.